The minimum atomic E-state index is 0. The summed E-state index contributed by atoms with van der Waals surface area (Å²) in [5.74, 6) is 0.322. The van der Waals surface area contributed by atoms with Gasteiger partial charge in [0.2, 0.25) is 5.91 Å². The Morgan fingerprint density at radius 3 is 2.81 bits per heavy atom. The highest BCUT2D eigenvalue weighted by atomic mass is 35.5. The molecule has 2 aliphatic rings. The van der Waals surface area contributed by atoms with Crippen molar-refractivity contribution < 1.29 is 4.79 Å². The predicted molar refractivity (Wildman–Crippen MR) is 87.9 cm³/mol. The number of nitrogens with one attached hydrogen (secondary N) is 1. The SMILES string of the molecule is Cc1ccccc1CCC(=O)N1CCC2CCC(C1)N2.Cl. The van der Waals surface area contributed by atoms with Crippen molar-refractivity contribution in [1.29, 1.82) is 0 Å². The van der Waals surface area contributed by atoms with Gasteiger partial charge in [-0.25, -0.2) is 0 Å². The van der Waals surface area contributed by atoms with E-state index in [1.807, 2.05) is 0 Å². The van der Waals surface area contributed by atoms with E-state index in [0.717, 1.165) is 25.9 Å². The molecule has 2 bridgehead atoms. The molecule has 2 unspecified atom stereocenters. The second kappa shape index (κ2) is 7.28. The summed E-state index contributed by atoms with van der Waals surface area (Å²) in [6.07, 6.45) is 5.14. The highest BCUT2D eigenvalue weighted by Crippen LogP contribution is 2.21. The Bertz CT molecular complexity index is 491. The molecule has 4 heteroatoms. The van der Waals surface area contributed by atoms with E-state index in [0.29, 0.717) is 24.4 Å². The summed E-state index contributed by atoms with van der Waals surface area (Å²) in [5, 5.41) is 3.63. The number of hydrogen-bond acceptors (Lipinski definition) is 2. The maximum atomic E-state index is 12.4. The van der Waals surface area contributed by atoms with Gasteiger partial charge < -0.3 is 10.2 Å². The molecular formula is C17H25ClN2O. The lowest BCUT2D eigenvalue weighted by Crippen LogP contribution is -2.39. The molecule has 2 aliphatic heterocycles. The van der Waals surface area contributed by atoms with E-state index in [4.69, 9.17) is 0 Å². The first kappa shape index (κ1) is 16.3. The van der Waals surface area contributed by atoms with Gasteiger partial charge in [-0.05, 0) is 43.7 Å². The third kappa shape index (κ3) is 3.98. The van der Waals surface area contributed by atoms with Crippen LogP contribution in [0, 0.1) is 6.92 Å². The van der Waals surface area contributed by atoms with Crippen LogP contribution in [-0.2, 0) is 11.2 Å². The molecule has 1 aromatic rings. The zero-order valence-electron chi connectivity index (χ0n) is 12.7. The quantitative estimate of drug-likeness (QED) is 0.931. The lowest BCUT2D eigenvalue weighted by atomic mass is 10.0. The van der Waals surface area contributed by atoms with E-state index in [1.54, 1.807) is 0 Å². The van der Waals surface area contributed by atoms with E-state index in [9.17, 15) is 4.79 Å². The van der Waals surface area contributed by atoms with Crippen molar-refractivity contribution in [2.75, 3.05) is 13.1 Å². The second-order valence-corrected chi connectivity index (χ2v) is 6.19. The molecule has 0 aliphatic carbocycles. The van der Waals surface area contributed by atoms with Crippen LogP contribution in [0.5, 0.6) is 0 Å². The van der Waals surface area contributed by atoms with E-state index >= 15 is 0 Å². The van der Waals surface area contributed by atoms with Gasteiger partial charge in [0, 0.05) is 31.6 Å². The van der Waals surface area contributed by atoms with Crippen molar-refractivity contribution in [3.63, 3.8) is 0 Å². The van der Waals surface area contributed by atoms with Crippen molar-refractivity contribution >= 4 is 18.3 Å². The minimum absolute atomic E-state index is 0. The fraction of sp³-hybridized carbons (Fsp3) is 0.588. The molecule has 0 aromatic heterocycles. The topological polar surface area (TPSA) is 32.3 Å². The largest absolute Gasteiger partial charge is 0.341 e. The number of carbonyl (C=O) groups excluding carboxylic acids is 1. The number of fused-ring (bicyclic) bond motifs is 2. The molecule has 116 valence electrons. The first-order valence-electron chi connectivity index (χ1n) is 7.80. The summed E-state index contributed by atoms with van der Waals surface area (Å²) in [6.45, 7) is 3.96. The molecule has 2 fully saturated rings. The fourth-order valence-corrected chi connectivity index (χ4v) is 3.46. The van der Waals surface area contributed by atoms with Gasteiger partial charge in [0.15, 0.2) is 0 Å². The Morgan fingerprint density at radius 1 is 1.24 bits per heavy atom. The highest BCUT2D eigenvalue weighted by molar-refractivity contribution is 5.85. The molecule has 1 N–H and O–H groups in total. The monoisotopic (exact) mass is 308 g/mol. The summed E-state index contributed by atoms with van der Waals surface area (Å²) in [7, 11) is 0. The Labute approximate surface area is 133 Å². The summed E-state index contributed by atoms with van der Waals surface area (Å²) in [5.41, 5.74) is 2.59. The highest BCUT2D eigenvalue weighted by Gasteiger charge is 2.30. The lowest BCUT2D eigenvalue weighted by Gasteiger charge is -2.24. The van der Waals surface area contributed by atoms with Gasteiger partial charge in [0.25, 0.3) is 0 Å². The number of aryl methyl sites for hydroxylation is 2. The molecule has 2 saturated heterocycles. The van der Waals surface area contributed by atoms with Crippen molar-refractivity contribution in [3.8, 4) is 0 Å². The number of rotatable bonds is 3. The standard InChI is InChI=1S/C17H24N2O.ClH/c1-13-4-2-3-5-14(13)6-9-17(20)19-11-10-15-7-8-16(12-19)18-15;/h2-5,15-16,18H,6-12H2,1H3;1H. The van der Waals surface area contributed by atoms with Crippen molar-refractivity contribution in [2.45, 2.75) is 51.1 Å². The van der Waals surface area contributed by atoms with Crippen molar-refractivity contribution in [3.05, 3.63) is 35.4 Å². The number of amides is 1. The Kier molecular flexibility index (Phi) is 5.65. The van der Waals surface area contributed by atoms with Crippen molar-refractivity contribution in [1.82, 2.24) is 10.2 Å². The van der Waals surface area contributed by atoms with E-state index in [-0.39, 0.29) is 12.4 Å². The molecule has 21 heavy (non-hydrogen) atoms. The molecule has 0 radical (unpaired) electrons. The zero-order chi connectivity index (χ0) is 13.9. The van der Waals surface area contributed by atoms with Gasteiger partial charge in [0.05, 0.1) is 0 Å². The molecule has 1 aromatic carbocycles. The van der Waals surface area contributed by atoms with E-state index in [2.05, 4.69) is 41.4 Å². The van der Waals surface area contributed by atoms with Crippen LogP contribution in [0.25, 0.3) is 0 Å². The summed E-state index contributed by atoms with van der Waals surface area (Å²) in [4.78, 5) is 14.5. The fourth-order valence-electron chi connectivity index (χ4n) is 3.46. The maximum Gasteiger partial charge on any atom is 0.222 e. The zero-order valence-corrected chi connectivity index (χ0v) is 13.5. The van der Waals surface area contributed by atoms with Crippen LogP contribution < -0.4 is 5.32 Å². The van der Waals surface area contributed by atoms with Crippen LogP contribution >= 0.6 is 12.4 Å². The van der Waals surface area contributed by atoms with Crippen molar-refractivity contribution in [2.24, 2.45) is 0 Å². The number of hydrogen-bond donors (Lipinski definition) is 1. The van der Waals surface area contributed by atoms with Crippen LogP contribution in [0.1, 0.15) is 36.8 Å². The lowest BCUT2D eigenvalue weighted by molar-refractivity contribution is -0.131. The molecule has 2 atom stereocenters. The van der Waals surface area contributed by atoms with Gasteiger partial charge in [0.1, 0.15) is 0 Å². The van der Waals surface area contributed by atoms with Crippen LogP contribution in [0.2, 0.25) is 0 Å². The third-order valence-corrected chi connectivity index (χ3v) is 4.75. The first-order valence-corrected chi connectivity index (χ1v) is 7.80. The third-order valence-electron chi connectivity index (χ3n) is 4.75. The predicted octanol–water partition coefficient (Wildman–Crippen LogP) is 2.70. The number of nitrogens with zero attached hydrogens (tertiary/aromatic N) is 1. The van der Waals surface area contributed by atoms with Crippen LogP contribution in [0.4, 0.5) is 0 Å². The molecule has 0 spiro atoms. The molecule has 2 heterocycles. The maximum absolute atomic E-state index is 12.4. The molecule has 3 nitrogen and oxygen atoms in total. The van der Waals surface area contributed by atoms with Gasteiger partial charge in [-0.2, -0.15) is 0 Å². The molecule has 1 amide bonds. The summed E-state index contributed by atoms with van der Waals surface area (Å²) in [6, 6.07) is 9.54. The van der Waals surface area contributed by atoms with E-state index < -0.39 is 0 Å². The second-order valence-electron chi connectivity index (χ2n) is 6.19. The number of carbonyl (C=O) groups is 1. The average molecular weight is 309 g/mol. The summed E-state index contributed by atoms with van der Waals surface area (Å²) >= 11 is 0. The van der Waals surface area contributed by atoms with Gasteiger partial charge in [-0.1, -0.05) is 24.3 Å². The molecule has 0 saturated carbocycles. The smallest absolute Gasteiger partial charge is 0.222 e. The normalized spacial score (nSPS) is 24.3. The van der Waals surface area contributed by atoms with Gasteiger partial charge in [-0.15, -0.1) is 12.4 Å². The number of likely N-dealkylation sites (tertiary alicyclic amines) is 1. The molecular weight excluding hydrogens is 284 g/mol. The number of benzene rings is 1. The van der Waals surface area contributed by atoms with E-state index in [1.165, 1.54) is 24.0 Å². The first-order chi connectivity index (χ1) is 9.72. The average Bonchev–Trinajstić information content (AvgIpc) is 2.77. The Hall–Kier alpha value is -1.06. The van der Waals surface area contributed by atoms with Gasteiger partial charge in [-0.3, -0.25) is 4.79 Å². The Morgan fingerprint density at radius 2 is 2.00 bits per heavy atom. The minimum Gasteiger partial charge on any atom is -0.341 e. The van der Waals surface area contributed by atoms with Crippen LogP contribution in [0.3, 0.4) is 0 Å². The van der Waals surface area contributed by atoms with Crippen LogP contribution in [-0.4, -0.2) is 36.0 Å². The van der Waals surface area contributed by atoms with Crippen LogP contribution in [0.15, 0.2) is 24.3 Å². The van der Waals surface area contributed by atoms with Gasteiger partial charge >= 0.3 is 0 Å². The number of halogens is 1. The molecule has 3 rings (SSSR count). The summed E-state index contributed by atoms with van der Waals surface area (Å²) < 4.78 is 0. The Balaban J connectivity index is 0.00000161.